The fraction of sp³-hybridized carbons (Fsp3) is 0.533. The fourth-order valence-electron chi connectivity index (χ4n) is 2.42. The molecule has 1 amide bonds. The second-order valence-corrected chi connectivity index (χ2v) is 6.26. The van der Waals surface area contributed by atoms with Crippen molar-refractivity contribution in [2.24, 2.45) is 11.7 Å². The quantitative estimate of drug-likeness (QED) is 0.719. The van der Waals surface area contributed by atoms with Crippen LogP contribution in [0, 0.1) is 5.92 Å². The number of aliphatic hydroxyl groups excluding tert-OH is 1. The molecule has 1 aromatic carbocycles. The molecular weight excluding hydrogens is 336 g/mol. The van der Waals surface area contributed by atoms with Gasteiger partial charge in [0.25, 0.3) is 0 Å². The Balaban J connectivity index is 1.69. The van der Waals surface area contributed by atoms with E-state index in [4.69, 9.17) is 10.5 Å². The number of rotatable bonds is 6. The second-order valence-electron chi connectivity index (χ2n) is 5.41. The number of carbonyl (C=O) groups is 1. The Morgan fingerprint density at radius 2 is 2.24 bits per heavy atom. The summed E-state index contributed by atoms with van der Waals surface area (Å²) in [7, 11) is 0. The summed E-state index contributed by atoms with van der Waals surface area (Å²) in [6.45, 7) is 0.322. The molecule has 4 N–H and O–H groups in total. The molecule has 1 aliphatic carbocycles. The first-order valence-corrected chi connectivity index (χ1v) is 7.94. The highest BCUT2D eigenvalue weighted by Crippen LogP contribution is 2.24. The molecule has 0 saturated heterocycles. The summed E-state index contributed by atoms with van der Waals surface area (Å²) < 4.78 is 6.34. The van der Waals surface area contributed by atoms with E-state index >= 15 is 0 Å². The molecule has 3 atom stereocenters. The monoisotopic (exact) mass is 356 g/mol. The normalized spacial score (nSPS) is 22.8. The third kappa shape index (κ3) is 4.98. The molecule has 2 rings (SSSR count). The molecule has 0 spiro atoms. The number of halogens is 1. The van der Waals surface area contributed by atoms with Crippen LogP contribution >= 0.6 is 15.9 Å². The lowest BCUT2D eigenvalue weighted by molar-refractivity contribution is -0.125. The van der Waals surface area contributed by atoms with E-state index in [-0.39, 0.29) is 31.0 Å². The molecule has 0 heterocycles. The molecule has 0 aromatic heterocycles. The van der Waals surface area contributed by atoms with Gasteiger partial charge in [-0.3, -0.25) is 4.79 Å². The molecule has 0 unspecified atom stereocenters. The van der Waals surface area contributed by atoms with Gasteiger partial charge < -0.3 is 20.9 Å². The van der Waals surface area contributed by atoms with Gasteiger partial charge in [-0.1, -0.05) is 12.1 Å². The first-order valence-electron chi connectivity index (χ1n) is 7.15. The average molecular weight is 357 g/mol. The smallest absolute Gasteiger partial charge is 0.223 e. The van der Waals surface area contributed by atoms with Gasteiger partial charge in [0.05, 0.1) is 4.47 Å². The molecule has 5 nitrogen and oxygen atoms in total. The van der Waals surface area contributed by atoms with Crippen LogP contribution in [-0.4, -0.2) is 36.3 Å². The third-order valence-corrected chi connectivity index (χ3v) is 4.28. The maximum atomic E-state index is 11.9. The predicted molar refractivity (Wildman–Crippen MR) is 84.0 cm³/mol. The second kappa shape index (κ2) is 7.77. The lowest BCUT2D eigenvalue weighted by atomic mass is 10.1. The molecule has 1 aliphatic rings. The Kier molecular flexibility index (Phi) is 6.02. The highest BCUT2D eigenvalue weighted by Gasteiger charge is 2.27. The van der Waals surface area contributed by atoms with Crippen molar-refractivity contribution >= 4 is 21.8 Å². The van der Waals surface area contributed by atoms with E-state index in [1.165, 1.54) is 0 Å². The molecule has 21 heavy (non-hydrogen) atoms. The van der Waals surface area contributed by atoms with E-state index in [2.05, 4.69) is 21.2 Å². The minimum atomic E-state index is -0.740. The molecule has 0 bridgehead atoms. The molecule has 0 aliphatic heterocycles. The zero-order valence-electron chi connectivity index (χ0n) is 11.8. The van der Waals surface area contributed by atoms with Crippen LogP contribution in [0.3, 0.4) is 0 Å². The highest BCUT2D eigenvalue weighted by atomic mass is 79.9. The summed E-state index contributed by atoms with van der Waals surface area (Å²) in [5.41, 5.74) is 5.79. The van der Waals surface area contributed by atoms with E-state index in [1.807, 2.05) is 24.3 Å². The lowest BCUT2D eigenvalue weighted by Gasteiger charge is -2.16. The van der Waals surface area contributed by atoms with Gasteiger partial charge in [0.15, 0.2) is 0 Å². The number of hydrogen-bond donors (Lipinski definition) is 3. The number of carbonyl (C=O) groups excluding carboxylic acids is 1. The van der Waals surface area contributed by atoms with E-state index < -0.39 is 6.10 Å². The topological polar surface area (TPSA) is 84.6 Å². The number of benzene rings is 1. The molecule has 1 fully saturated rings. The van der Waals surface area contributed by atoms with Crippen LogP contribution in [0.15, 0.2) is 28.7 Å². The van der Waals surface area contributed by atoms with Crippen molar-refractivity contribution in [1.82, 2.24) is 5.32 Å². The maximum Gasteiger partial charge on any atom is 0.223 e. The van der Waals surface area contributed by atoms with Gasteiger partial charge in [0, 0.05) is 18.5 Å². The van der Waals surface area contributed by atoms with Gasteiger partial charge in [-0.2, -0.15) is 0 Å². The third-order valence-electron chi connectivity index (χ3n) is 3.62. The largest absolute Gasteiger partial charge is 0.490 e. The lowest BCUT2D eigenvalue weighted by Crippen LogP contribution is -2.38. The van der Waals surface area contributed by atoms with Crippen molar-refractivity contribution in [3.63, 3.8) is 0 Å². The molecule has 116 valence electrons. The van der Waals surface area contributed by atoms with Gasteiger partial charge in [-0.05, 0) is 47.3 Å². The van der Waals surface area contributed by atoms with Crippen molar-refractivity contribution in [1.29, 1.82) is 0 Å². The van der Waals surface area contributed by atoms with Crippen LogP contribution < -0.4 is 15.8 Å². The van der Waals surface area contributed by atoms with Gasteiger partial charge in [0.2, 0.25) is 5.91 Å². The Labute approximate surface area is 133 Å². The minimum Gasteiger partial charge on any atom is -0.490 e. The summed E-state index contributed by atoms with van der Waals surface area (Å²) in [5.74, 6) is 0.629. The molecule has 1 saturated carbocycles. The van der Waals surface area contributed by atoms with Gasteiger partial charge in [-0.25, -0.2) is 0 Å². The van der Waals surface area contributed by atoms with Gasteiger partial charge >= 0.3 is 0 Å². The minimum absolute atomic E-state index is 0.0172. The summed E-state index contributed by atoms with van der Waals surface area (Å²) in [4.78, 5) is 11.9. The fourth-order valence-corrected chi connectivity index (χ4v) is 2.82. The number of ether oxygens (including phenoxy) is 1. The van der Waals surface area contributed by atoms with E-state index in [0.717, 1.165) is 23.7 Å². The Morgan fingerprint density at radius 1 is 1.48 bits per heavy atom. The van der Waals surface area contributed by atoms with Crippen LogP contribution in [0.4, 0.5) is 0 Å². The van der Waals surface area contributed by atoms with Crippen LogP contribution in [0.25, 0.3) is 0 Å². The number of aliphatic hydroxyl groups is 1. The van der Waals surface area contributed by atoms with Crippen LogP contribution in [-0.2, 0) is 4.79 Å². The Morgan fingerprint density at radius 3 is 2.90 bits per heavy atom. The number of para-hydroxylation sites is 1. The first kappa shape index (κ1) is 16.3. The zero-order chi connectivity index (χ0) is 15.2. The molecule has 1 aromatic rings. The van der Waals surface area contributed by atoms with Crippen LogP contribution in [0.2, 0.25) is 0 Å². The van der Waals surface area contributed by atoms with Crippen molar-refractivity contribution in [2.45, 2.75) is 31.4 Å². The summed E-state index contributed by atoms with van der Waals surface area (Å²) in [6, 6.07) is 7.56. The van der Waals surface area contributed by atoms with Crippen LogP contribution in [0.1, 0.15) is 19.3 Å². The predicted octanol–water partition coefficient (Wildman–Crippen LogP) is 1.43. The zero-order valence-corrected chi connectivity index (χ0v) is 13.4. The van der Waals surface area contributed by atoms with E-state index in [1.54, 1.807) is 0 Å². The van der Waals surface area contributed by atoms with Crippen molar-refractivity contribution in [3.05, 3.63) is 28.7 Å². The number of amides is 1. The van der Waals surface area contributed by atoms with Crippen LogP contribution in [0.5, 0.6) is 5.75 Å². The van der Waals surface area contributed by atoms with Crippen molar-refractivity contribution in [3.8, 4) is 5.75 Å². The van der Waals surface area contributed by atoms with E-state index in [0.29, 0.717) is 5.75 Å². The summed E-state index contributed by atoms with van der Waals surface area (Å²) in [5, 5.41) is 12.6. The van der Waals surface area contributed by atoms with E-state index in [9.17, 15) is 9.90 Å². The first-order chi connectivity index (χ1) is 10.1. The Hall–Kier alpha value is -1.11. The van der Waals surface area contributed by atoms with Crippen molar-refractivity contribution in [2.75, 3.05) is 13.2 Å². The van der Waals surface area contributed by atoms with Gasteiger partial charge in [0.1, 0.15) is 18.5 Å². The summed E-state index contributed by atoms with van der Waals surface area (Å²) in [6.07, 6.45) is 1.72. The summed E-state index contributed by atoms with van der Waals surface area (Å²) >= 11 is 3.37. The molecule has 0 radical (unpaired) electrons. The molecular formula is C15H21BrN2O3. The van der Waals surface area contributed by atoms with Gasteiger partial charge in [-0.15, -0.1) is 0 Å². The maximum absolute atomic E-state index is 11.9. The number of nitrogens with two attached hydrogens (primary N) is 1. The standard InChI is InChI=1S/C15H21BrN2O3/c16-13-3-1-2-4-14(13)21-9-12(19)8-18-15(20)10-5-6-11(17)7-10/h1-4,10-12,19H,5-9,17H2,(H,18,20)/t10-,11-,12+/m1/s1. The highest BCUT2D eigenvalue weighted by molar-refractivity contribution is 9.10. The SMILES string of the molecule is N[C@@H]1CC[C@@H](C(=O)NC[C@H](O)COc2ccccc2Br)C1. The number of hydrogen-bond acceptors (Lipinski definition) is 4. The van der Waals surface area contributed by atoms with Crippen molar-refractivity contribution < 1.29 is 14.6 Å². The number of nitrogens with one attached hydrogen (secondary N) is 1. The average Bonchev–Trinajstić information content (AvgIpc) is 2.90. The Bertz CT molecular complexity index is 484. The molecule has 6 heteroatoms.